The normalized spacial score (nSPS) is 10.4. The average molecular weight is 399 g/mol. The van der Waals surface area contributed by atoms with Crippen molar-refractivity contribution in [2.45, 2.75) is 13.5 Å². The lowest BCUT2D eigenvalue weighted by atomic mass is 10.1. The molecule has 28 heavy (non-hydrogen) atoms. The second kappa shape index (κ2) is 8.49. The Morgan fingerprint density at radius 3 is 2.68 bits per heavy atom. The lowest BCUT2D eigenvalue weighted by Crippen LogP contribution is -2.23. The first-order chi connectivity index (χ1) is 13.5. The molecule has 0 aliphatic carbocycles. The molecule has 144 valence electrons. The number of esters is 1. The zero-order valence-electron chi connectivity index (χ0n) is 15.1. The lowest BCUT2D eigenvalue weighted by molar-refractivity contribution is 0.0600. The monoisotopic (exact) mass is 399 g/mol. The molecule has 0 aliphatic rings. The highest BCUT2D eigenvalue weighted by Crippen LogP contribution is 2.18. The number of anilines is 1. The zero-order chi connectivity index (χ0) is 20.1. The fourth-order valence-corrected chi connectivity index (χ4v) is 3.04. The SMILES string of the molecule is COC(=O)c1cc(CNC(=O)c2csc(C)n2)cc(NC(=O)c2ccco2)c1. The third-order valence-corrected chi connectivity index (χ3v) is 4.49. The van der Waals surface area contributed by atoms with Gasteiger partial charge in [-0.1, -0.05) is 0 Å². The number of ether oxygens (including phenoxy) is 1. The quantitative estimate of drug-likeness (QED) is 0.617. The highest BCUT2D eigenvalue weighted by molar-refractivity contribution is 7.09. The number of amides is 2. The Balaban J connectivity index is 1.78. The molecular weight excluding hydrogens is 382 g/mol. The van der Waals surface area contributed by atoms with Crippen LogP contribution in [-0.4, -0.2) is 29.9 Å². The number of furan rings is 1. The maximum atomic E-state index is 12.2. The molecule has 2 amide bonds. The van der Waals surface area contributed by atoms with E-state index in [2.05, 4.69) is 15.6 Å². The standard InChI is InChI=1S/C19H17N3O5S/c1-11-21-15(10-28-11)17(23)20-9-12-6-13(19(25)26-2)8-14(7-12)22-18(24)16-4-3-5-27-16/h3-8,10H,9H2,1-2H3,(H,20,23)(H,22,24). The summed E-state index contributed by atoms with van der Waals surface area (Å²) in [5, 5.41) is 7.87. The van der Waals surface area contributed by atoms with Crippen molar-refractivity contribution in [3.63, 3.8) is 0 Å². The summed E-state index contributed by atoms with van der Waals surface area (Å²) in [6, 6.07) is 7.85. The summed E-state index contributed by atoms with van der Waals surface area (Å²) >= 11 is 1.38. The summed E-state index contributed by atoms with van der Waals surface area (Å²) in [7, 11) is 1.27. The fraction of sp³-hybridized carbons (Fsp3) is 0.158. The zero-order valence-corrected chi connectivity index (χ0v) is 16.0. The van der Waals surface area contributed by atoms with Crippen molar-refractivity contribution in [3.8, 4) is 0 Å². The molecule has 0 saturated heterocycles. The highest BCUT2D eigenvalue weighted by Gasteiger charge is 2.14. The van der Waals surface area contributed by atoms with Crippen molar-refractivity contribution in [2.75, 3.05) is 12.4 Å². The van der Waals surface area contributed by atoms with E-state index in [-0.39, 0.29) is 23.8 Å². The van der Waals surface area contributed by atoms with Crippen LogP contribution in [-0.2, 0) is 11.3 Å². The van der Waals surface area contributed by atoms with Gasteiger partial charge in [-0.05, 0) is 42.8 Å². The molecule has 0 unspecified atom stereocenters. The number of carbonyl (C=O) groups is 3. The lowest BCUT2D eigenvalue weighted by Gasteiger charge is -2.10. The Bertz CT molecular complexity index is 1010. The van der Waals surface area contributed by atoms with Crippen LogP contribution in [0.5, 0.6) is 0 Å². The van der Waals surface area contributed by atoms with Crippen molar-refractivity contribution < 1.29 is 23.5 Å². The number of carbonyl (C=O) groups excluding carboxylic acids is 3. The minimum absolute atomic E-state index is 0.136. The van der Waals surface area contributed by atoms with E-state index in [4.69, 9.17) is 9.15 Å². The number of aromatic nitrogens is 1. The smallest absolute Gasteiger partial charge is 0.337 e. The predicted octanol–water partition coefficient (Wildman–Crippen LogP) is 3.01. The average Bonchev–Trinajstić information content (AvgIpc) is 3.37. The van der Waals surface area contributed by atoms with Gasteiger partial charge in [-0.15, -0.1) is 11.3 Å². The van der Waals surface area contributed by atoms with Crippen molar-refractivity contribution in [1.82, 2.24) is 10.3 Å². The van der Waals surface area contributed by atoms with Crippen LogP contribution in [0.1, 0.15) is 42.0 Å². The van der Waals surface area contributed by atoms with Gasteiger partial charge in [-0.2, -0.15) is 0 Å². The molecule has 0 bridgehead atoms. The number of thiazole rings is 1. The summed E-state index contributed by atoms with van der Waals surface area (Å²) in [4.78, 5) is 40.5. The maximum absolute atomic E-state index is 12.2. The van der Waals surface area contributed by atoms with Gasteiger partial charge in [0.15, 0.2) is 5.76 Å². The van der Waals surface area contributed by atoms with Gasteiger partial charge >= 0.3 is 5.97 Å². The van der Waals surface area contributed by atoms with Crippen molar-refractivity contribution in [2.24, 2.45) is 0 Å². The molecule has 2 aromatic heterocycles. The van der Waals surface area contributed by atoms with Crippen LogP contribution in [0.15, 0.2) is 46.4 Å². The largest absolute Gasteiger partial charge is 0.465 e. The van der Waals surface area contributed by atoms with Gasteiger partial charge in [0, 0.05) is 17.6 Å². The third kappa shape index (κ3) is 4.63. The first kappa shape index (κ1) is 19.3. The van der Waals surface area contributed by atoms with Crippen LogP contribution in [0.4, 0.5) is 5.69 Å². The number of aryl methyl sites for hydroxylation is 1. The van der Waals surface area contributed by atoms with E-state index in [1.54, 1.807) is 23.6 Å². The minimum Gasteiger partial charge on any atom is -0.465 e. The van der Waals surface area contributed by atoms with Gasteiger partial charge in [0.1, 0.15) is 5.69 Å². The Kier molecular flexibility index (Phi) is 5.85. The summed E-state index contributed by atoms with van der Waals surface area (Å²) in [6.07, 6.45) is 1.39. The van der Waals surface area contributed by atoms with Crippen molar-refractivity contribution >= 4 is 34.8 Å². The number of rotatable bonds is 6. The molecule has 0 radical (unpaired) electrons. The van der Waals surface area contributed by atoms with E-state index in [9.17, 15) is 14.4 Å². The summed E-state index contributed by atoms with van der Waals surface area (Å²) in [5.41, 5.74) is 1.56. The Morgan fingerprint density at radius 2 is 2.04 bits per heavy atom. The fourth-order valence-electron chi connectivity index (χ4n) is 2.44. The van der Waals surface area contributed by atoms with Gasteiger partial charge < -0.3 is 19.8 Å². The van der Waals surface area contributed by atoms with E-state index in [1.807, 2.05) is 6.92 Å². The summed E-state index contributed by atoms with van der Waals surface area (Å²) < 4.78 is 9.81. The van der Waals surface area contributed by atoms with Crippen molar-refractivity contribution in [1.29, 1.82) is 0 Å². The number of hydrogen-bond acceptors (Lipinski definition) is 7. The highest BCUT2D eigenvalue weighted by atomic mass is 32.1. The second-order valence-electron chi connectivity index (χ2n) is 5.78. The Morgan fingerprint density at radius 1 is 1.21 bits per heavy atom. The van der Waals surface area contributed by atoms with Crippen LogP contribution in [0.3, 0.4) is 0 Å². The summed E-state index contributed by atoms with van der Waals surface area (Å²) in [5.74, 6) is -1.21. The predicted molar refractivity (Wildman–Crippen MR) is 102 cm³/mol. The molecule has 2 heterocycles. The van der Waals surface area contributed by atoms with Crippen molar-refractivity contribution in [3.05, 3.63) is 69.6 Å². The van der Waals surface area contributed by atoms with E-state index in [0.29, 0.717) is 16.9 Å². The molecule has 0 aliphatic heterocycles. The van der Waals surface area contributed by atoms with Crippen LogP contribution < -0.4 is 10.6 Å². The van der Waals surface area contributed by atoms with Gasteiger partial charge in [-0.3, -0.25) is 9.59 Å². The van der Waals surface area contributed by atoms with Crippen LogP contribution in [0, 0.1) is 6.92 Å². The number of hydrogen-bond donors (Lipinski definition) is 2. The molecule has 0 spiro atoms. The molecule has 2 N–H and O–H groups in total. The van der Waals surface area contributed by atoms with E-state index in [0.717, 1.165) is 5.01 Å². The Hall–Kier alpha value is -3.46. The van der Waals surface area contributed by atoms with Gasteiger partial charge in [0.2, 0.25) is 0 Å². The van der Waals surface area contributed by atoms with E-state index in [1.165, 1.54) is 36.8 Å². The number of methoxy groups -OCH3 is 1. The third-order valence-electron chi connectivity index (χ3n) is 3.72. The van der Waals surface area contributed by atoms with Crippen LogP contribution >= 0.6 is 11.3 Å². The number of nitrogens with zero attached hydrogens (tertiary/aromatic N) is 1. The van der Waals surface area contributed by atoms with Gasteiger partial charge in [0.25, 0.3) is 11.8 Å². The molecule has 8 nitrogen and oxygen atoms in total. The van der Waals surface area contributed by atoms with Crippen LogP contribution in [0.25, 0.3) is 0 Å². The summed E-state index contributed by atoms with van der Waals surface area (Å²) in [6.45, 7) is 1.96. The molecule has 0 atom stereocenters. The number of benzene rings is 1. The topological polar surface area (TPSA) is 111 Å². The molecular formula is C19H17N3O5S. The molecule has 0 fully saturated rings. The molecule has 3 aromatic rings. The molecule has 0 saturated carbocycles. The number of nitrogens with one attached hydrogen (secondary N) is 2. The van der Waals surface area contributed by atoms with Crippen LogP contribution in [0.2, 0.25) is 0 Å². The minimum atomic E-state index is -0.559. The van der Waals surface area contributed by atoms with E-state index < -0.39 is 11.9 Å². The van der Waals surface area contributed by atoms with Gasteiger partial charge in [-0.25, -0.2) is 9.78 Å². The first-order valence-electron chi connectivity index (χ1n) is 8.23. The van der Waals surface area contributed by atoms with E-state index >= 15 is 0 Å². The molecule has 9 heteroatoms. The molecule has 3 rings (SSSR count). The maximum Gasteiger partial charge on any atom is 0.337 e. The Labute approximate surface area is 164 Å². The van der Waals surface area contributed by atoms with Gasteiger partial charge in [0.05, 0.1) is 23.9 Å². The second-order valence-corrected chi connectivity index (χ2v) is 6.84. The molecule has 1 aromatic carbocycles. The first-order valence-corrected chi connectivity index (χ1v) is 9.11.